The van der Waals surface area contributed by atoms with Crippen LogP contribution in [0.5, 0.6) is 5.75 Å². The Morgan fingerprint density at radius 1 is 0.935 bits per heavy atom. The maximum Gasteiger partial charge on any atom is 0.337 e. The van der Waals surface area contributed by atoms with Crippen LogP contribution >= 0.6 is 0 Å². The number of ether oxygens (including phenoxy) is 2. The molecule has 0 aromatic heterocycles. The molecule has 3 aromatic rings. The number of para-hydroxylation sites is 1. The van der Waals surface area contributed by atoms with Gasteiger partial charge < -0.3 is 14.8 Å². The van der Waals surface area contributed by atoms with E-state index in [1.165, 1.54) is 7.11 Å². The highest BCUT2D eigenvalue weighted by Gasteiger charge is 2.04. The van der Waals surface area contributed by atoms with Gasteiger partial charge in [0, 0.05) is 5.69 Å². The van der Waals surface area contributed by atoms with Gasteiger partial charge in [-0.25, -0.2) is 10.2 Å². The lowest BCUT2D eigenvalue weighted by molar-refractivity contribution is -0.119. The van der Waals surface area contributed by atoms with Gasteiger partial charge in [-0.2, -0.15) is 5.10 Å². The maximum atomic E-state index is 11.8. The lowest BCUT2D eigenvalue weighted by Gasteiger charge is -2.07. The number of carbonyl (C=O) groups excluding carboxylic acids is 2. The summed E-state index contributed by atoms with van der Waals surface area (Å²) in [6, 6.07) is 23.9. The molecular weight excluding hydrogens is 394 g/mol. The van der Waals surface area contributed by atoms with Gasteiger partial charge in [0.2, 0.25) is 0 Å². The number of nitrogens with one attached hydrogen (secondary N) is 2. The summed E-state index contributed by atoms with van der Waals surface area (Å²) in [5, 5.41) is 6.98. The number of esters is 1. The third-order valence-electron chi connectivity index (χ3n) is 4.29. The van der Waals surface area contributed by atoms with E-state index in [4.69, 9.17) is 4.74 Å². The van der Waals surface area contributed by atoms with E-state index in [-0.39, 0.29) is 18.4 Å². The Morgan fingerprint density at radius 3 is 2.32 bits per heavy atom. The standard InChI is InChI=1S/C24H23N3O4/c1-30-24(29)20-11-7-19(8-12-20)17-31-22-13-9-18(10-14-22)15-26-27-23(28)16-25-21-5-3-2-4-6-21/h2-15,25H,16-17H2,1H3,(H,27,28)/b26-15+. The van der Waals surface area contributed by atoms with Crippen molar-refractivity contribution in [2.75, 3.05) is 19.0 Å². The third kappa shape index (κ3) is 7.01. The molecule has 0 atom stereocenters. The van der Waals surface area contributed by atoms with Gasteiger partial charge in [0.05, 0.1) is 25.4 Å². The minimum absolute atomic E-state index is 0.134. The smallest absolute Gasteiger partial charge is 0.337 e. The first kappa shape index (κ1) is 21.6. The lowest BCUT2D eigenvalue weighted by atomic mass is 10.1. The summed E-state index contributed by atoms with van der Waals surface area (Å²) in [7, 11) is 1.35. The Labute approximate surface area is 180 Å². The predicted molar refractivity (Wildman–Crippen MR) is 119 cm³/mol. The van der Waals surface area contributed by atoms with Crippen molar-refractivity contribution >= 4 is 23.8 Å². The summed E-state index contributed by atoms with van der Waals surface area (Å²) in [5.41, 5.74) is 5.61. The van der Waals surface area contributed by atoms with Crippen molar-refractivity contribution in [2.45, 2.75) is 6.61 Å². The summed E-state index contributed by atoms with van der Waals surface area (Å²) < 4.78 is 10.4. The number of carbonyl (C=O) groups is 2. The lowest BCUT2D eigenvalue weighted by Crippen LogP contribution is -2.25. The summed E-state index contributed by atoms with van der Waals surface area (Å²) >= 11 is 0. The Bertz CT molecular complexity index is 1020. The molecule has 0 aliphatic carbocycles. The monoisotopic (exact) mass is 417 g/mol. The Kier molecular flexibility index (Phi) is 7.77. The second-order valence-electron chi connectivity index (χ2n) is 6.56. The van der Waals surface area contributed by atoms with E-state index in [1.54, 1.807) is 18.3 Å². The van der Waals surface area contributed by atoms with Crippen molar-refractivity contribution in [3.8, 4) is 5.75 Å². The Hall–Kier alpha value is -4.13. The van der Waals surface area contributed by atoms with Crippen LogP contribution in [-0.2, 0) is 16.1 Å². The topological polar surface area (TPSA) is 89.0 Å². The van der Waals surface area contributed by atoms with Crippen molar-refractivity contribution in [1.82, 2.24) is 5.43 Å². The van der Waals surface area contributed by atoms with E-state index in [0.29, 0.717) is 17.9 Å². The average molecular weight is 417 g/mol. The maximum absolute atomic E-state index is 11.8. The summed E-state index contributed by atoms with van der Waals surface area (Å²) in [4.78, 5) is 23.3. The molecule has 0 saturated carbocycles. The quantitative estimate of drug-likeness (QED) is 0.315. The van der Waals surface area contributed by atoms with Gasteiger partial charge in [-0.1, -0.05) is 30.3 Å². The highest BCUT2D eigenvalue weighted by molar-refractivity contribution is 5.89. The van der Waals surface area contributed by atoms with E-state index in [9.17, 15) is 9.59 Å². The van der Waals surface area contributed by atoms with Crippen molar-refractivity contribution in [2.24, 2.45) is 5.10 Å². The van der Waals surface area contributed by atoms with Crippen LogP contribution in [0.2, 0.25) is 0 Å². The minimum Gasteiger partial charge on any atom is -0.489 e. The van der Waals surface area contributed by atoms with Crippen LogP contribution in [0.25, 0.3) is 0 Å². The van der Waals surface area contributed by atoms with Gasteiger partial charge in [0.15, 0.2) is 0 Å². The van der Waals surface area contributed by atoms with Crippen LogP contribution in [0.4, 0.5) is 5.69 Å². The van der Waals surface area contributed by atoms with Gasteiger partial charge in [0.1, 0.15) is 12.4 Å². The molecule has 7 heteroatoms. The van der Waals surface area contributed by atoms with Gasteiger partial charge in [-0.05, 0) is 59.7 Å². The molecule has 7 nitrogen and oxygen atoms in total. The molecule has 0 aliphatic rings. The van der Waals surface area contributed by atoms with Crippen LogP contribution in [-0.4, -0.2) is 31.7 Å². The van der Waals surface area contributed by atoms with Crippen molar-refractivity contribution in [1.29, 1.82) is 0 Å². The molecule has 0 unspecified atom stereocenters. The molecule has 3 aromatic carbocycles. The van der Waals surface area contributed by atoms with Crippen LogP contribution < -0.4 is 15.5 Å². The molecule has 3 rings (SSSR count). The van der Waals surface area contributed by atoms with Gasteiger partial charge in [-0.3, -0.25) is 4.79 Å². The number of hydrazone groups is 1. The highest BCUT2D eigenvalue weighted by atomic mass is 16.5. The zero-order chi connectivity index (χ0) is 21.9. The van der Waals surface area contributed by atoms with E-state index in [2.05, 4.69) is 20.6 Å². The van der Waals surface area contributed by atoms with Crippen LogP contribution in [0.3, 0.4) is 0 Å². The molecule has 0 aliphatic heterocycles. The number of benzene rings is 3. The molecule has 1 amide bonds. The summed E-state index contributed by atoms with van der Waals surface area (Å²) in [6.45, 7) is 0.508. The fourth-order valence-corrected chi connectivity index (χ4v) is 2.63. The van der Waals surface area contributed by atoms with Crippen molar-refractivity contribution in [3.05, 3.63) is 95.6 Å². The molecule has 0 fully saturated rings. The molecule has 31 heavy (non-hydrogen) atoms. The third-order valence-corrected chi connectivity index (χ3v) is 4.29. The zero-order valence-corrected chi connectivity index (χ0v) is 17.1. The predicted octanol–water partition coefficient (Wildman–Crippen LogP) is 3.61. The SMILES string of the molecule is COC(=O)c1ccc(COc2ccc(/C=N/NC(=O)CNc3ccccc3)cc2)cc1. The first-order valence-electron chi connectivity index (χ1n) is 9.65. The number of nitrogens with zero attached hydrogens (tertiary/aromatic N) is 1. The second-order valence-corrected chi connectivity index (χ2v) is 6.56. The number of amides is 1. The normalized spacial score (nSPS) is 10.5. The fourth-order valence-electron chi connectivity index (χ4n) is 2.63. The first-order valence-corrected chi connectivity index (χ1v) is 9.65. The number of hydrogen-bond acceptors (Lipinski definition) is 6. The van der Waals surface area contributed by atoms with Crippen LogP contribution in [0.15, 0.2) is 84.0 Å². The van der Waals surface area contributed by atoms with E-state index in [0.717, 1.165) is 16.8 Å². The highest BCUT2D eigenvalue weighted by Crippen LogP contribution is 2.14. The zero-order valence-electron chi connectivity index (χ0n) is 17.1. The molecule has 0 radical (unpaired) electrons. The van der Waals surface area contributed by atoms with E-state index >= 15 is 0 Å². The second kappa shape index (κ2) is 11.2. The largest absolute Gasteiger partial charge is 0.489 e. The molecule has 0 bridgehead atoms. The molecule has 0 spiro atoms. The number of anilines is 1. The number of rotatable bonds is 9. The van der Waals surface area contributed by atoms with E-state index in [1.807, 2.05) is 66.7 Å². The minimum atomic E-state index is -0.367. The first-order chi connectivity index (χ1) is 15.1. The van der Waals surface area contributed by atoms with Crippen LogP contribution in [0, 0.1) is 0 Å². The summed E-state index contributed by atoms with van der Waals surface area (Å²) in [6.07, 6.45) is 1.57. The van der Waals surface area contributed by atoms with Gasteiger partial charge >= 0.3 is 5.97 Å². The average Bonchev–Trinajstić information content (AvgIpc) is 2.83. The molecule has 158 valence electrons. The van der Waals surface area contributed by atoms with Gasteiger partial charge in [-0.15, -0.1) is 0 Å². The summed E-state index contributed by atoms with van der Waals surface area (Å²) in [5.74, 6) is 0.0944. The molecular formula is C24H23N3O4. The molecule has 2 N–H and O–H groups in total. The number of hydrogen-bond donors (Lipinski definition) is 2. The van der Waals surface area contributed by atoms with Crippen molar-refractivity contribution in [3.63, 3.8) is 0 Å². The number of methoxy groups -OCH3 is 1. The van der Waals surface area contributed by atoms with Crippen LogP contribution in [0.1, 0.15) is 21.5 Å². The fraction of sp³-hybridized carbons (Fsp3) is 0.125. The van der Waals surface area contributed by atoms with E-state index < -0.39 is 0 Å². The Morgan fingerprint density at radius 2 is 1.65 bits per heavy atom. The molecule has 0 saturated heterocycles. The van der Waals surface area contributed by atoms with Crippen molar-refractivity contribution < 1.29 is 19.1 Å². The molecule has 0 heterocycles. The van der Waals surface area contributed by atoms with Gasteiger partial charge in [0.25, 0.3) is 5.91 Å². The Balaban J connectivity index is 1.42.